The number of H-pyrrole nitrogens is 1. The number of nitrogens with two attached hydrogens (primary N) is 1. The first-order chi connectivity index (χ1) is 14.2. The number of nitrogen functional groups attached to an aromatic ring is 1. The van der Waals surface area contributed by atoms with Crippen molar-refractivity contribution in [3.05, 3.63) is 41.9 Å². The molecular weight excluding hydrogens is 399 g/mol. The molecule has 11 heteroatoms. The number of hydrogen-bond donors (Lipinski definition) is 3. The molecule has 160 valence electrons. The Morgan fingerprint density at radius 1 is 1.30 bits per heavy atom. The first-order valence-electron chi connectivity index (χ1n) is 9.62. The van der Waals surface area contributed by atoms with Crippen LogP contribution in [0.15, 0.2) is 30.6 Å². The molecule has 1 amide bonds. The van der Waals surface area contributed by atoms with Gasteiger partial charge in [0.05, 0.1) is 6.20 Å². The molecule has 1 aliphatic carbocycles. The Hall–Kier alpha value is -3.24. The molecule has 30 heavy (non-hydrogen) atoms. The van der Waals surface area contributed by atoms with Crippen molar-refractivity contribution in [2.24, 2.45) is 0 Å². The predicted octanol–water partition coefficient (Wildman–Crippen LogP) is 2.84. The van der Waals surface area contributed by atoms with Gasteiger partial charge in [-0.05, 0) is 37.8 Å². The Kier molecular flexibility index (Phi) is 5.04. The molecule has 0 spiro atoms. The monoisotopic (exact) mass is 421 g/mol. The lowest BCUT2D eigenvalue weighted by atomic mass is 9.90. The van der Waals surface area contributed by atoms with E-state index in [0.29, 0.717) is 11.4 Å². The average Bonchev–Trinajstić information content (AvgIpc) is 3.33. The first-order valence-corrected chi connectivity index (χ1v) is 9.62. The van der Waals surface area contributed by atoms with E-state index in [0.717, 1.165) is 31.9 Å². The van der Waals surface area contributed by atoms with Gasteiger partial charge < -0.3 is 16.0 Å². The summed E-state index contributed by atoms with van der Waals surface area (Å²) < 4.78 is 40.6. The third-order valence-corrected chi connectivity index (χ3v) is 5.62. The molecule has 3 aromatic rings. The number of fused-ring (bicyclic) bond motifs is 1. The zero-order valence-electron chi connectivity index (χ0n) is 16.3. The fourth-order valence-electron chi connectivity index (χ4n) is 3.95. The minimum absolute atomic E-state index is 0.0114. The number of nitrogens with zero attached hydrogens (tertiary/aromatic N) is 4. The molecule has 0 aliphatic heterocycles. The molecule has 0 saturated heterocycles. The molecular formula is C19H22F3N7O. The van der Waals surface area contributed by atoms with Crippen molar-refractivity contribution in [3.63, 3.8) is 0 Å². The van der Waals surface area contributed by atoms with Crippen molar-refractivity contribution in [1.82, 2.24) is 24.9 Å². The number of anilines is 2. The summed E-state index contributed by atoms with van der Waals surface area (Å²) in [5.74, 6) is 0.614. The first kappa shape index (κ1) is 20.0. The van der Waals surface area contributed by atoms with Crippen molar-refractivity contribution in [2.45, 2.75) is 43.9 Å². The molecule has 4 rings (SSSR count). The number of rotatable bonds is 4. The van der Waals surface area contributed by atoms with Crippen LogP contribution in [0, 0.1) is 0 Å². The van der Waals surface area contributed by atoms with Crippen LogP contribution in [-0.2, 0) is 6.18 Å². The summed E-state index contributed by atoms with van der Waals surface area (Å²) in [7, 11) is 1.87. The van der Waals surface area contributed by atoms with Gasteiger partial charge in [0.2, 0.25) is 0 Å². The smallest absolute Gasteiger partial charge is 0.383 e. The van der Waals surface area contributed by atoms with Crippen LogP contribution in [0.25, 0.3) is 5.65 Å². The zero-order valence-corrected chi connectivity index (χ0v) is 16.3. The van der Waals surface area contributed by atoms with Crippen molar-refractivity contribution >= 4 is 23.2 Å². The van der Waals surface area contributed by atoms with Gasteiger partial charge in [-0.2, -0.15) is 18.3 Å². The van der Waals surface area contributed by atoms with Crippen molar-refractivity contribution < 1.29 is 18.0 Å². The molecule has 4 N–H and O–H groups in total. The number of aromatic nitrogens is 4. The third-order valence-electron chi connectivity index (χ3n) is 5.62. The van der Waals surface area contributed by atoms with Crippen LogP contribution in [0.4, 0.5) is 24.8 Å². The molecule has 8 nitrogen and oxygen atoms in total. The highest BCUT2D eigenvalue weighted by molar-refractivity contribution is 5.98. The van der Waals surface area contributed by atoms with E-state index in [9.17, 15) is 18.0 Å². The van der Waals surface area contributed by atoms with Crippen molar-refractivity contribution in [2.75, 3.05) is 17.7 Å². The van der Waals surface area contributed by atoms with Gasteiger partial charge in [0.15, 0.2) is 5.69 Å². The number of halogens is 3. The molecule has 0 atom stereocenters. The molecule has 1 fully saturated rings. The molecule has 1 saturated carbocycles. The SMILES string of the molecule is CN(c1cccc2nc(C(F)(F)F)cn12)C1CCC(NC(=O)c2cn[nH]c2N)CC1. The summed E-state index contributed by atoms with van der Waals surface area (Å²) in [5.41, 5.74) is 5.35. The van der Waals surface area contributed by atoms with E-state index in [4.69, 9.17) is 5.73 Å². The highest BCUT2D eigenvalue weighted by Crippen LogP contribution is 2.31. The van der Waals surface area contributed by atoms with Gasteiger partial charge in [-0.25, -0.2) is 4.98 Å². The van der Waals surface area contributed by atoms with Crippen LogP contribution in [0.3, 0.4) is 0 Å². The molecule has 0 unspecified atom stereocenters. The van der Waals surface area contributed by atoms with Gasteiger partial charge in [-0.15, -0.1) is 0 Å². The van der Waals surface area contributed by atoms with Crippen molar-refractivity contribution in [1.29, 1.82) is 0 Å². The van der Waals surface area contributed by atoms with Crippen LogP contribution in [-0.4, -0.2) is 44.6 Å². The quantitative estimate of drug-likeness (QED) is 0.601. The average molecular weight is 421 g/mol. The van der Waals surface area contributed by atoms with E-state index in [1.807, 2.05) is 11.9 Å². The van der Waals surface area contributed by atoms with E-state index in [2.05, 4.69) is 20.5 Å². The van der Waals surface area contributed by atoms with Gasteiger partial charge >= 0.3 is 6.18 Å². The van der Waals surface area contributed by atoms with Crippen LogP contribution < -0.4 is 16.0 Å². The minimum Gasteiger partial charge on any atom is -0.383 e. The molecule has 0 radical (unpaired) electrons. The lowest BCUT2D eigenvalue weighted by Crippen LogP contribution is -2.43. The second-order valence-corrected chi connectivity index (χ2v) is 7.52. The predicted molar refractivity (Wildman–Crippen MR) is 105 cm³/mol. The number of amides is 1. The van der Waals surface area contributed by atoms with E-state index in [-0.39, 0.29) is 29.5 Å². The Morgan fingerprint density at radius 2 is 2.03 bits per heavy atom. The zero-order chi connectivity index (χ0) is 21.5. The number of hydrogen-bond acceptors (Lipinski definition) is 5. The largest absolute Gasteiger partial charge is 0.434 e. The summed E-state index contributed by atoms with van der Waals surface area (Å²) in [6.07, 6.45) is 1.03. The number of pyridine rings is 1. The Morgan fingerprint density at radius 3 is 2.67 bits per heavy atom. The third kappa shape index (κ3) is 3.79. The second-order valence-electron chi connectivity index (χ2n) is 7.52. The van der Waals surface area contributed by atoms with Crippen LogP contribution in [0.1, 0.15) is 41.7 Å². The van der Waals surface area contributed by atoms with E-state index >= 15 is 0 Å². The minimum atomic E-state index is -4.49. The molecule has 0 aromatic carbocycles. The standard InChI is InChI=1S/C19H22F3N7O/c1-28(16-4-2-3-15-26-14(10-29(15)16)19(20,21)22)12-7-5-11(6-8-12)25-18(30)13-9-24-27-17(13)23/h2-4,9-12H,5-8H2,1H3,(H,25,30)(H3,23,24,27). The Balaban J connectivity index is 1.43. The maximum absolute atomic E-state index is 13.1. The Bertz CT molecular complexity index is 1050. The topological polar surface area (TPSA) is 104 Å². The van der Waals surface area contributed by atoms with Gasteiger partial charge in [0.25, 0.3) is 5.91 Å². The molecule has 3 heterocycles. The summed E-state index contributed by atoms with van der Waals surface area (Å²) in [4.78, 5) is 18.0. The maximum Gasteiger partial charge on any atom is 0.434 e. The molecule has 3 aromatic heterocycles. The molecule has 0 bridgehead atoms. The lowest BCUT2D eigenvalue weighted by Gasteiger charge is -2.36. The number of aromatic amines is 1. The van der Waals surface area contributed by atoms with Gasteiger partial charge in [-0.3, -0.25) is 14.3 Å². The fraction of sp³-hybridized carbons (Fsp3) is 0.421. The van der Waals surface area contributed by atoms with Gasteiger partial charge in [0, 0.05) is 25.3 Å². The van der Waals surface area contributed by atoms with E-state index in [1.54, 1.807) is 18.2 Å². The van der Waals surface area contributed by atoms with Gasteiger partial charge in [0.1, 0.15) is 22.8 Å². The van der Waals surface area contributed by atoms with Crippen LogP contribution in [0.2, 0.25) is 0 Å². The number of carbonyl (C=O) groups excluding carboxylic acids is 1. The highest BCUT2D eigenvalue weighted by Gasteiger charge is 2.34. The van der Waals surface area contributed by atoms with Crippen molar-refractivity contribution in [3.8, 4) is 0 Å². The number of imidazole rings is 1. The summed E-state index contributed by atoms with van der Waals surface area (Å²) >= 11 is 0. The van der Waals surface area contributed by atoms with E-state index in [1.165, 1.54) is 10.6 Å². The lowest BCUT2D eigenvalue weighted by molar-refractivity contribution is -0.140. The second kappa shape index (κ2) is 7.54. The summed E-state index contributed by atoms with van der Waals surface area (Å²) in [6.45, 7) is 0. The summed E-state index contributed by atoms with van der Waals surface area (Å²) in [6, 6.07) is 5.19. The van der Waals surface area contributed by atoms with Crippen LogP contribution in [0.5, 0.6) is 0 Å². The van der Waals surface area contributed by atoms with Crippen LogP contribution >= 0.6 is 0 Å². The normalized spacial score (nSPS) is 19.7. The van der Waals surface area contributed by atoms with Gasteiger partial charge in [-0.1, -0.05) is 6.07 Å². The Labute approximate surface area is 170 Å². The number of carbonyl (C=O) groups is 1. The number of alkyl halides is 3. The summed E-state index contributed by atoms with van der Waals surface area (Å²) in [5, 5.41) is 9.26. The molecule has 1 aliphatic rings. The fourth-order valence-corrected chi connectivity index (χ4v) is 3.95. The number of nitrogens with one attached hydrogen (secondary N) is 2. The maximum atomic E-state index is 13.1. The van der Waals surface area contributed by atoms with E-state index < -0.39 is 11.9 Å². The highest BCUT2D eigenvalue weighted by atomic mass is 19.4.